The molecule has 0 bridgehead atoms. The van der Waals surface area contributed by atoms with Crippen molar-refractivity contribution in [3.8, 4) is 11.8 Å². The summed E-state index contributed by atoms with van der Waals surface area (Å²) >= 11 is 0. The molecule has 0 spiro atoms. The average Bonchev–Trinajstić information content (AvgIpc) is 3.89. The maximum absolute atomic E-state index is 13.4. The first kappa shape index (κ1) is 36.3. The fourth-order valence-electron chi connectivity index (χ4n) is 6.30. The van der Waals surface area contributed by atoms with Crippen LogP contribution in [0.25, 0.3) is 0 Å². The molecule has 0 saturated carbocycles. The highest BCUT2D eigenvalue weighted by atomic mass is 16.5. The Labute approximate surface area is 282 Å². The Kier molecular flexibility index (Phi) is 12.9. The van der Waals surface area contributed by atoms with Crippen LogP contribution >= 0.6 is 0 Å². The molecule has 0 radical (unpaired) electrons. The minimum atomic E-state index is -0.669. The summed E-state index contributed by atoms with van der Waals surface area (Å²) in [6, 6.07) is -1.67. The topological polar surface area (TPSA) is 175 Å². The summed E-state index contributed by atoms with van der Waals surface area (Å²) in [7, 11) is 2.57. The van der Waals surface area contributed by atoms with Gasteiger partial charge in [-0.25, -0.2) is 19.6 Å². The summed E-state index contributed by atoms with van der Waals surface area (Å²) in [4.78, 5) is 69.9. The van der Waals surface area contributed by atoms with Crippen LogP contribution in [0, 0.1) is 23.7 Å². The highest BCUT2D eigenvalue weighted by Crippen LogP contribution is 2.33. The number of rotatable bonds is 12. The van der Waals surface area contributed by atoms with Gasteiger partial charge in [-0.3, -0.25) is 9.59 Å². The van der Waals surface area contributed by atoms with Gasteiger partial charge in [0.1, 0.15) is 23.7 Å². The Morgan fingerprint density at radius 1 is 0.771 bits per heavy atom. The van der Waals surface area contributed by atoms with E-state index in [1.54, 1.807) is 9.80 Å². The lowest BCUT2D eigenvalue weighted by Gasteiger charge is -2.30. The summed E-state index contributed by atoms with van der Waals surface area (Å²) in [6.45, 7) is 8.80. The molecule has 2 aromatic heterocycles. The standard InChI is InChI=1S/C34H50N8O6/c1-21(2)27(39-33(45)47-5)31(43)41-17-11-15-25(41)29-35-19-23(37-29)13-9-7-8-10-14-24-20-36-30(38-24)26-16-12-18-42(26)32(44)28(22(3)4)40-34(46)48-6/h19-22,25-28H,9-18H2,1-6H3,(H,35,37)(H,36,38)(H,39,45)(H,40,46)/t25-,26-,27-,28-/m1/s1. The first-order chi connectivity index (χ1) is 23.0. The lowest BCUT2D eigenvalue weighted by molar-refractivity contribution is -0.136. The van der Waals surface area contributed by atoms with Crippen LogP contribution in [-0.4, -0.2) is 93.1 Å². The average molecular weight is 667 g/mol. The summed E-state index contributed by atoms with van der Waals surface area (Å²) in [5, 5.41) is 5.35. The van der Waals surface area contributed by atoms with Crippen molar-refractivity contribution >= 4 is 24.0 Å². The zero-order valence-corrected chi connectivity index (χ0v) is 28.9. The van der Waals surface area contributed by atoms with E-state index in [0.717, 1.165) is 48.7 Å². The molecule has 2 saturated heterocycles. The number of H-pyrrole nitrogens is 2. The lowest BCUT2D eigenvalue weighted by atomic mass is 10.0. The number of aromatic amines is 2. The van der Waals surface area contributed by atoms with Gasteiger partial charge in [-0.15, -0.1) is 11.8 Å². The van der Waals surface area contributed by atoms with Crippen LogP contribution in [0.5, 0.6) is 0 Å². The SMILES string of the molecule is COC(=O)N[C@@H](C(=O)N1CCC[C@@H]1c1ncc(CCC#CCCc2cnc([C@H]3CCCN3C(=O)[C@H](NC(=O)OC)C(C)C)[nH]2)[nH]1)C(C)C. The van der Waals surface area contributed by atoms with Gasteiger partial charge in [0.2, 0.25) is 11.8 Å². The Hall–Kier alpha value is -4.54. The van der Waals surface area contributed by atoms with Crippen molar-refractivity contribution in [3.05, 3.63) is 35.4 Å². The van der Waals surface area contributed by atoms with E-state index in [1.165, 1.54) is 14.2 Å². The molecular weight excluding hydrogens is 616 g/mol. The molecule has 2 aliphatic rings. The number of aromatic nitrogens is 4. The predicted molar refractivity (Wildman–Crippen MR) is 177 cm³/mol. The number of carbonyl (C=O) groups is 4. The van der Waals surface area contributed by atoms with Gasteiger partial charge in [-0.2, -0.15) is 0 Å². The van der Waals surface area contributed by atoms with Crippen molar-refractivity contribution in [3.63, 3.8) is 0 Å². The van der Waals surface area contributed by atoms with Crippen molar-refractivity contribution in [2.45, 2.75) is 103 Å². The number of hydrogen-bond acceptors (Lipinski definition) is 8. The summed E-state index contributed by atoms with van der Waals surface area (Å²) in [5.74, 6) is 7.54. The van der Waals surface area contributed by atoms with Gasteiger partial charge in [0.05, 0.1) is 26.3 Å². The molecule has 0 aromatic carbocycles. The molecule has 2 fully saturated rings. The van der Waals surface area contributed by atoms with E-state index in [9.17, 15) is 19.2 Å². The number of imidazole rings is 2. The number of alkyl carbamates (subject to hydrolysis) is 2. The normalized spacial score (nSPS) is 18.8. The molecule has 0 unspecified atom stereocenters. The van der Waals surface area contributed by atoms with E-state index in [1.807, 2.05) is 40.1 Å². The number of nitrogens with zero attached hydrogens (tertiary/aromatic N) is 4. The second-order valence-electron chi connectivity index (χ2n) is 13.0. The molecule has 2 aliphatic heterocycles. The molecule has 4 amide bonds. The molecular formula is C34H50N8O6. The summed E-state index contributed by atoms with van der Waals surface area (Å²) in [6.07, 6.45) is 8.46. The van der Waals surface area contributed by atoms with Crippen LogP contribution in [0.4, 0.5) is 9.59 Å². The Bertz CT molecular complexity index is 1370. The molecule has 4 N–H and O–H groups in total. The second kappa shape index (κ2) is 17.0. The maximum atomic E-state index is 13.4. The van der Waals surface area contributed by atoms with E-state index < -0.39 is 24.3 Å². The molecule has 14 nitrogen and oxygen atoms in total. The smallest absolute Gasteiger partial charge is 0.407 e. The Morgan fingerprint density at radius 3 is 1.52 bits per heavy atom. The van der Waals surface area contributed by atoms with Crippen LogP contribution in [-0.2, 0) is 31.9 Å². The van der Waals surface area contributed by atoms with Crippen LogP contribution in [0.2, 0.25) is 0 Å². The molecule has 0 aliphatic carbocycles. The first-order valence-electron chi connectivity index (χ1n) is 16.9. The van der Waals surface area contributed by atoms with Crippen LogP contribution in [0.15, 0.2) is 12.4 Å². The number of amides is 4. The van der Waals surface area contributed by atoms with Crippen molar-refractivity contribution in [2.24, 2.45) is 11.8 Å². The highest BCUT2D eigenvalue weighted by Gasteiger charge is 2.38. The van der Waals surface area contributed by atoms with Gasteiger partial charge < -0.3 is 39.9 Å². The van der Waals surface area contributed by atoms with E-state index in [-0.39, 0.29) is 35.7 Å². The molecule has 4 heterocycles. The highest BCUT2D eigenvalue weighted by molar-refractivity contribution is 5.87. The number of nitrogens with one attached hydrogen (secondary N) is 4. The summed E-state index contributed by atoms with van der Waals surface area (Å²) < 4.78 is 9.44. The number of methoxy groups -OCH3 is 2. The van der Waals surface area contributed by atoms with Crippen LogP contribution < -0.4 is 10.6 Å². The minimum absolute atomic E-state index is 0.0897. The van der Waals surface area contributed by atoms with Crippen molar-refractivity contribution in [1.29, 1.82) is 0 Å². The number of aryl methyl sites for hydroxylation is 2. The van der Waals surface area contributed by atoms with Crippen molar-refractivity contribution in [1.82, 2.24) is 40.4 Å². The van der Waals surface area contributed by atoms with Gasteiger partial charge in [0.15, 0.2) is 0 Å². The van der Waals surface area contributed by atoms with E-state index in [0.29, 0.717) is 38.8 Å². The number of hydrogen-bond donors (Lipinski definition) is 4. The van der Waals surface area contributed by atoms with E-state index in [4.69, 9.17) is 9.47 Å². The molecule has 14 heteroatoms. The van der Waals surface area contributed by atoms with Crippen LogP contribution in [0.3, 0.4) is 0 Å². The third-order valence-corrected chi connectivity index (χ3v) is 8.95. The van der Waals surface area contributed by atoms with Gasteiger partial charge in [-0.1, -0.05) is 27.7 Å². The van der Waals surface area contributed by atoms with Gasteiger partial charge in [0, 0.05) is 49.7 Å². The molecule has 262 valence electrons. The largest absolute Gasteiger partial charge is 0.453 e. The van der Waals surface area contributed by atoms with E-state index >= 15 is 0 Å². The first-order valence-corrected chi connectivity index (χ1v) is 16.9. The number of carbonyl (C=O) groups excluding carboxylic acids is 4. The third kappa shape index (κ3) is 9.08. The quantitative estimate of drug-likeness (QED) is 0.248. The molecule has 48 heavy (non-hydrogen) atoms. The zero-order valence-electron chi connectivity index (χ0n) is 28.9. The predicted octanol–water partition coefficient (Wildman–Crippen LogP) is 3.79. The van der Waals surface area contributed by atoms with E-state index in [2.05, 4.69) is 42.4 Å². The second-order valence-corrected chi connectivity index (χ2v) is 13.0. The fraction of sp³-hybridized carbons (Fsp3) is 0.647. The van der Waals surface area contributed by atoms with Crippen molar-refractivity contribution < 1.29 is 28.7 Å². The van der Waals surface area contributed by atoms with Crippen LogP contribution in [0.1, 0.15) is 101 Å². The lowest BCUT2D eigenvalue weighted by Crippen LogP contribution is -2.51. The van der Waals surface area contributed by atoms with Crippen molar-refractivity contribution in [2.75, 3.05) is 27.3 Å². The zero-order chi connectivity index (χ0) is 34.8. The monoisotopic (exact) mass is 666 g/mol. The maximum Gasteiger partial charge on any atom is 0.407 e. The van der Waals surface area contributed by atoms with Gasteiger partial charge in [-0.05, 0) is 50.4 Å². The van der Waals surface area contributed by atoms with Gasteiger partial charge in [0.25, 0.3) is 0 Å². The summed E-state index contributed by atoms with van der Waals surface area (Å²) in [5.41, 5.74) is 1.92. The minimum Gasteiger partial charge on any atom is -0.453 e. The Morgan fingerprint density at radius 2 is 1.17 bits per heavy atom. The molecule has 4 rings (SSSR count). The molecule has 4 atom stereocenters. The number of likely N-dealkylation sites (tertiary alicyclic amines) is 2. The number of ether oxygens (including phenoxy) is 2. The fourth-order valence-corrected chi connectivity index (χ4v) is 6.30. The van der Waals surface area contributed by atoms with Gasteiger partial charge >= 0.3 is 12.2 Å². The third-order valence-electron chi connectivity index (χ3n) is 8.95. The Balaban J connectivity index is 1.26. The molecule has 2 aromatic rings.